The molecule has 15 aromatic carbocycles. The summed E-state index contributed by atoms with van der Waals surface area (Å²) < 4.78 is 0. The van der Waals surface area contributed by atoms with E-state index < -0.39 is 0 Å². The van der Waals surface area contributed by atoms with Gasteiger partial charge in [0.1, 0.15) is 0 Å². The van der Waals surface area contributed by atoms with Crippen LogP contribution in [-0.4, -0.2) is 0 Å². The smallest absolute Gasteiger partial charge is 0.0613 e. The molecule has 0 saturated heterocycles. The molecule has 5 aliphatic carbocycles. The molecule has 15 aromatic rings. The molecule has 0 atom stereocenters. The van der Waals surface area contributed by atoms with Gasteiger partial charge in [-0.2, -0.15) is 0 Å². The predicted molar refractivity (Wildman–Crippen MR) is 524 cm³/mol. The molecule has 1 spiro atoms. The summed E-state index contributed by atoms with van der Waals surface area (Å²) in [5, 5.41) is 0. The van der Waals surface area contributed by atoms with Crippen LogP contribution >= 0.6 is 0 Å². The maximum Gasteiger partial charge on any atom is 0.0725 e. The average Bonchev–Trinajstić information content (AvgIpc) is 1.50. The van der Waals surface area contributed by atoms with Gasteiger partial charge in [0.25, 0.3) is 0 Å². The third-order valence-electron chi connectivity index (χ3n) is 28.0. The average molecular weight is 1590 g/mol. The molecule has 0 radical (unpaired) electrons. The van der Waals surface area contributed by atoms with Gasteiger partial charge in [-0.1, -0.05) is 387 Å². The number of aryl methyl sites for hydroxylation is 17. The molecule has 0 nitrogen and oxygen atoms in total. The van der Waals surface area contributed by atoms with Crippen LogP contribution in [0.25, 0.3) is 66.8 Å². The van der Waals surface area contributed by atoms with E-state index in [1.165, 1.54) is 245 Å². The summed E-state index contributed by atoms with van der Waals surface area (Å²) in [7, 11) is 0. The molecule has 20 rings (SSSR count). The van der Waals surface area contributed by atoms with E-state index in [2.05, 4.69) is 459 Å². The van der Waals surface area contributed by atoms with Crippen LogP contribution in [0.5, 0.6) is 0 Å². The Morgan fingerprint density at radius 1 is 0.172 bits per heavy atom. The first-order chi connectivity index (χ1) is 57.8. The number of benzene rings is 15. The number of hydrogen-bond acceptors (Lipinski definition) is 0. The van der Waals surface area contributed by atoms with E-state index in [-0.39, 0.29) is 32.5 Å². The van der Waals surface area contributed by atoms with E-state index in [0.717, 1.165) is 0 Å². The van der Waals surface area contributed by atoms with Gasteiger partial charge in [0.15, 0.2) is 0 Å². The molecule has 0 N–H and O–H groups in total. The lowest BCUT2D eigenvalue weighted by atomic mass is 9.68. The minimum atomic E-state index is -0.282. The Morgan fingerprint density at radius 3 is 0.730 bits per heavy atom. The zero-order valence-corrected chi connectivity index (χ0v) is 77.6. The fourth-order valence-corrected chi connectivity index (χ4v) is 20.8. The lowest BCUT2D eigenvalue weighted by Gasteiger charge is -2.33. The summed E-state index contributed by atoms with van der Waals surface area (Å²) in [4.78, 5) is 0. The topological polar surface area (TPSA) is 0 Å². The van der Waals surface area contributed by atoms with Crippen molar-refractivity contribution in [1.29, 1.82) is 0 Å². The Kier molecular flexibility index (Phi) is 21.5. The normalized spacial score (nSPS) is 14.1. The van der Waals surface area contributed by atoms with E-state index in [1.54, 1.807) is 0 Å². The molecule has 0 amide bonds. The second kappa shape index (κ2) is 31.3. The van der Waals surface area contributed by atoms with Gasteiger partial charge in [-0.3, -0.25) is 0 Å². The van der Waals surface area contributed by atoms with Gasteiger partial charge in [0.2, 0.25) is 0 Å². The van der Waals surface area contributed by atoms with Crippen molar-refractivity contribution in [2.24, 2.45) is 0 Å². The second-order valence-corrected chi connectivity index (χ2v) is 39.8. The Hall–Kier alpha value is -11.7. The predicted octanol–water partition coefficient (Wildman–Crippen LogP) is 32.3. The zero-order valence-electron chi connectivity index (χ0n) is 77.6. The highest BCUT2D eigenvalue weighted by Crippen LogP contribution is 2.65. The molecular weight excluding hydrogens is 1470 g/mol. The minimum Gasteiger partial charge on any atom is -0.0613 e. The van der Waals surface area contributed by atoms with Gasteiger partial charge >= 0.3 is 0 Å². The fourth-order valence-electron chi connectivity index (χ4n) is 20.8. The Bertz CT molecular complexity index is 6330. The van der Waals surface area contributed by atoms with Gasteiger partial charge in [-0.05, 0) is 328 Å². The third-order valence-corrected chi connectivity index (χ3v) is 28.0. The van der Waals surface area contributed by atoms with E-state index in [0.29, 0.717) is 0 Å². The van der Waals surface area contributed by atoms with Gasteiger partial charge < -0.3 is 0 Å². The molecule has 0 aliphatic heterocycles. The fraction of sp³-hybridized carbons (Fsp3) is 0.262. The Balaban J connectivity index is 0.000000118. The van der Waals surface area contributed by atoms with E-state index in [9.17, 15) is 0 Å². The zero-order chi connectivity index (χ0) is 86.9. The first-order valence-electron chi connectivity index (χ1n) is 44.4. The quantitative estimate of drug-likeness (QED) is 0.165. The van der Waals surface area contributed by atoms with Gasteiger partial charge in [-0.15, -0.1) is 0 Å². The number of rotatable bonds is 4. The van der Waals surface area contributed by atoms with Crippen molar-refractivity contribution in [3.8, 4) is 66.8 Å². The molecule has 5 aliphatic rings. The second-order valence-electron chi connectivity index (χ2n) is 39.8. The summed E-state index contributed by atoms with van der Waals surface area (Å²) in [6.45, 7) is 58.4. The number of fused-ring (bicyclic) bond motifs is 19. The standard InChI is InChI=1S/C35H36.C29H26.C26H28.C24H24.C8H10/c1-21-9-13-25-26-14-10-22(2)18-30(26)35(29(25)17-21)31-19-23(33(3,4)5)11-15-27(31)28-16-12-24(20-32(28)35)34(6,7)8;1-19-8-12-22(13-9-19)23-6-5-7-24(18-23)29(4)27-16-20(2)10-14-25(27)26-15-11-21(3)17-28(26)29;1-15-8-16(2)10-21(9-15)26(7)24-13-19(5)17(3)11-22(24)23-12-18(4)20(6)14-25(23)26;1-15-6-8-20-21-9-7-16(2)14-23(21)24(5,22(20)13-15)19-11-17(3)10-18(4)12-19;1-7-3-5-8(2)6-4-7/h9-20H,1-8H3;5-18H,1-4H3;8-14H,1-7H3;6-14H,1-5H3;3-6H,1-2H3. The Morgan fingerprint density at radius 2 is 0.418 bits per heavy atom. The molecule has 0 saturated carbocycles. The van der Waals surface area contributed by atoms with Crippen molar-refractivity contribution >= 4 is 0 Å². The molecule has 0 heteroatoms. The summed E-state index contributed by atoms with van der Waals surface area (Å²) in [5.74, 6) is 0. The van der Waals surface area contributed by atoms with E-state index in [1.807, 2.05) is 0 Å². The molecule has 612 valence electrons. The maximum absolute atomic E-state index is 2.52. The summed E-state index contributed by atoms with van der Waals surface area (Å²) in [5.41, 5.74) is 60.0. The highest BCUT2D eigenvalue weighted by molar-refractivity contribution is 5.96. The lowest BCUT2D eigenvalue weighted by Crippen LogP contribution is -2.27. The maximum atomic E-state index is 2.52. The van der Waals surface area contributed by atoms with Gasteiger partial charge in [0.05, 0.1) is 5.41 Å². The summed E-state index contributed by atoms with van der Waals surface area (Å²) in [6, 6.07) is 106. The molecule has 122 heavy (non-hydrogen) atoms. The molecule has 0 unspecified atom stereocenters. The third kappa shape index (κ3) is 14.6. The van der Waals surface area contributed by atoms with Crippen LogP contribution in [-0.2, 0) is 32.5 Å². The van der Waals surface area contributed by atoms with Gasteiger partial charge in [0, 0.05) is 16.2 Å². The summed E-state index contributed by atoms with van der Waals surface area (Å²) in [6.07, 6.45) is 0. The Labute approximate surface area is 731 Å². The van der Waals surface area contributed by atoms with Crippen molar-refractivity contribution in [1.82, 2.24) is 0 Å². The van der Waals surface area contributed by atoms with Crippen LogP contribution in [0.15, 0.2) is 279 Å². The SMILES string of the molecule is Cc1cc(C)cc(C2(C)c3cc(C)c(C)cc3-c3cc(C)c(C)cc32)c1.Cc1cc(C)cc(C2(C)c3cc(C)ccc3-c3ccc(C)cc32)c1.Cc1ccc(-c2cccc(C3(C)c4cc(C)ccc4-c4ccc(C)cc43)c2)cc1.Cc1ccc(C)cc1.Cc1ccc2c(c1)C1(c3cc(C)ccc3-2)c2cc(C(C)(C)C)ccc2-c2ccc(C(C)(C)C)cc21. The van der Waals surface area contributed by atoms with Crippen LogP contribution in [0.1, 0.15) is 240 Å². The van der Waals surface area contributed by atoms with Crippen molar-refractivity contribution in [3.05, 3.63) is 457 Å². The highest BCUT2D eigenvalue weighted by atomic mass is 14.5. The van der Waals surface area contributed by atoms with Gasteiger partial charge in [-0.25, -0.2) is 0 Å². The van der Waals surface area contributed by atoms with Crippen molar-refractivity contribution < 1.29 is 0 Å². The molecule has 0 heterocycles. The van der Waals surface area contributed by atoms with Crippen molar-refractivity contribution in [2.45, 2.75) is 213 Å². The largest absolute Gasteiger partial charge is 0.0725 e. The van der Waals surface area contributed by atoms with Crippen LogP contribution in [0, 0.1) is 118 Å². The first-order valence-corrected chi connectivity index (χ1v) is 44.4. The molecule has 0 bridgehead atoms. The van der Waals surface area contributed by atoms with Crippen LogP contribution in [0.3, 0.4) is 0 Å². The van der Waals surface area contributed by atoms with E-state index in [4.69, 9.17) is 0 Å². The lowest BCUT2D eigenvalue weighted by molar-refractivity contribution is 0.586. The van der Waals surface area contributed by atoms with E-state index >= 15 is 0 Å². The molecule has 0 aromatic heterocycles. The highest BCUT2D eigenvalue weighted by Gasteiger charge is 2.53. The molecule has 0 fully saturated rings. The van der Waals surface area contributed by atoms with Crippen molar-refractivity contribution in [2.75, 3.05) is 0 Å². The van der Waals surface area contributed by atoms with Crippen molar-refractivity contribution in [3.63, 3.8) is 0 Å². The van der Waals surface area contributed by atoms with Crippen LogP contribution in [0.4, 0.5) is 0 Å². The first kappa shape index (κ1) is 83.9. The summed E-state index contributed by atoms with van der Waals surface area (Å²) >= 11 is 0. The van der Waals surface area contributed by atoms with Crippen LogP contribution in [0.2, 0.25) is 0 Å². The number of hydrogen-bond donors (Lipinski definition) is 0. The monoisotopic (exact) mass is 1590 g/mol. The van der Waals surface area contributed by atoms with Crippen LogP contribution < -0.4 is 0 Å². The molecular formula is C122H124. The minimum absolute atomic E-state index is 0.0838.